The Morgan fingerprint density at radius 2 is 2.40 bits per heavy atom. The molecular weight excluding hydrogens is 124 g/mol. The number of hydrogen-bond acceptors (Lipinski definition) is 2. The van der Waals surface area contributed by atoms with Crippen LogP contribution in [-0.2, 0) is 0 Å². The quantitative estimate of drug-likeness (QED) is 0.579. The van der Waals surface area contributed by atoms with Gasteiger partial charge in [0, 0.05) is 7.05 Å². The molecule has 1 N–H and O–H groups in total. The van der Waals surface area contributed by atoms with E-state index in [0.29, 0.717) is 5.69 Å². The van der Waals surface area contributed by atoms with E-state index in [1.165, 1.54) is 0 Å². The summed E-state index contributed by atoms with van der Waals surface area (Å²) in [6.07, 6.45) is 6.81. The van der Waals surface area contributed by atoms with Crippen molar-refractivity contribution in [1.29, 1.82) is 0 Å². The number of nitrogens with one attached hydrogen (secondary N) is 1. The van der Waals surface area contributed by atoms with Crippen LogP contribution in [0, 0.1) is 12.3 Å². The van der Waals surface area contributed by atoms with E-state index in [9.17, 15) is 0 Å². The van der Waals surface area contributed by atoms with Crippen LogP contribution in [0.15, 0.2) is 18.3 Å². The lowest BCUT2D eigenvalue weighted by Gasteiger charge is -1.96. The van der Waals surface area contributed by atoms with Crippen LogP contribution in [0.5, 0.6) is 0 Å². The Labute approximate surface area is 60.3 Å². The topological polar surface area (TPSA) is 24.9 Å². The van der Waals surface area contributed by atoms with Crippen molar-refractivity contribution in [3.63, 3.8) is 0 Å². The van der Waals surface area contributed by atoms with E-state index in [0.717, 1.165) is 5.69 Å². The third-order valence-corrected chi connectivity index (χ3v) is 1.20. The fourth-order valence-electron chi connectivity index (χ4n) is 0.627. The summed E-state index contributed by atoms with van der Waals surface area (Å²) in [5.74, 6) is 2.44. The maximum absolute atomic E-state index is 5.11. The smallest absolute Gasteiger partial charge is 0.113 e. The van der Waals surface area contributed by atoms with E-state index in [2.05, 4.69) is 16.2 Å². The van der Waals surface area contributed by atoms with Gasteiger partial charge < -0.3 is 5.32 Å². The van der Waals surface area contributed by atoms with Crippen LogP contribution in [-0.4, -0.2) is 12.0 Å². The Hall–Kier alpha value is -1.49. The second-order valence-corrected chi connectivity index (χ2v) is 1.83. The lowest BCUT2D eigenvalue weighted by Crippen LogP contribution is -1.89. The molecule has 1 heterocycles. The molecule has 2 heteroatoms. The highest BCUT2D eigenvalue weighted by Crippen LogP contribution is 2.02. The number of nitrogens with zero attached hydrogens (tertiary/aromatic N) is 1. The first-order valence-electron chi connectivity index (χ1n) is 2.97. The first-order chi connectivity index (χ1) is 4.86. The van der Waals surface area contributed by atoms with Crippen LogP contribution in [0.25, 0.3) is 0 Å². The van der Waals surface area contributed by atoms with Gasteiger partial charge in [0.05, 0.1) is 11.9 Å². The van der Waals surface area contributed by atoms with E-state index in [-0.39, 0.29) is 0 Å². The Kier molecular flexibility index (Phi) is 1.91. The minimum Gasteiger partial charge on any atom is -0.387 e. The lowest BCUT2D eigenvalue weighted by molar-refractivity contribution is 1.28. The summed E-state index contributed by atoms with van der Waals surface area (Å²) in [5.41, 5.74) is 1.64. The minimum atomic E-state index is 0.666. The fraction of sp³-hybridized carbons (Fsp3) is 0.125. The zero-order chi connectivity index (χ0) is 7.40. The lowest BCUT2D eigenvalue weighted by atomic mass is 10.3. The van der Waals surface area contributed by atoms with Gasteiger partial charge in [-0.25, -0.2) is 4.98 Å². The summed E-state index contributed by atoms with van der Waals surface area (Å²) >= 11 is 0. The average Bonchev–Trinajstić information content (AvgIpc) is 2.05. The third-order valence-electron chi connectivity index (χ3n) is 1.20. The number of rotatable bonds is 1. The third kappa shape index (κ3) is 1.26. The predicted molar refractivity (Wildman–Crippen MR) is 41.7 cm³/mol. The molecule has 0 aromatic carbocycles. The van der Waals surface area contributed by atoms with Crippen molar-refractivity contribution in [3.05, 3.63) is 24.0 Å². The highest BCUT2D eigenvalue weighted by molar-refractivity contribution is 5.42. The van der Waals surface area contributed by atoms with Gasteiger partial charge in [0.15, 0.2) is 0 Å². The molecule has 0 fully saturated rings. The Bertz CT molecular complexity index is 243. The molecule has 1 aromatic rings. The highest BCUT2D eigenvalue weighted by Gasteiger charge is 1.87. The molecule has 0 saturated carbocycles. The van der Waals surface area contributed by atoms with E-state index < -0.39 is 0 Å². The van der Waals surface area contributed by atoms with Gasteiger partial charge in [0.2, 0.25) is 0 Å². The van der Waals surface area contributed by atoms with Crippen LogP contribution in [0.2, 0.25) is 0 Å². The summed E-state index contributed by atoms with van der Waals surface area (Å²) in [4.78, 5) is 3.97. The van der Waals surface area contributed by atoms with Crippen LogP contribution in [0.1, 0.15) is 5.69 Å². The summed E-state index contributed by atoms with van der Waals surface area (Å²) in [5, 5.41) is 2.95. The van der Waals surface area contributed by atoms with Gasteiger partial charge in [-0.2, -0.15) is 0 Å². The second-order valence-electron chi connectivity index (χ2n) is 1.83. The standard InChI is InChI=1S/C8H8N2/c1-3-7-4-5-8(9-2)6-10-7/h1,4-6,9H,2H3. The average molecular weight is 132 g/mol. The molecule has 0 aliphatic carbocycles. The van der Waals surface area contributed by atoms with Crippen LogP contribution in [0.3, 0.4) is 0 Å². The van der Waals surface area contributed by atoms with E-state index >= 15 is 0 Å². The molecule has 0 amide bonds. The molecule has 0 aliphatic rings. The first kappa shape index (κ1) is 6.63. The van der Waals surface area contributed by atoms with Crippen LogP contribution < -0.4 is 5.32 Å². The zero-order valence-electron chi connectivity index (χ0n) is 5.76. The van der Waals surface area contributed by atoms with Gasteiger partial charge >= 0.3 is 0 Å². The van der Waals surface area contributed by atoms with Crippen molar-refractivity contribution in [3.8, 4) is 12.3 Å². The van der Waals surface area contributed by atoms with Gasteiger partial charge in [0.25, 0.3) is 0 Å². The van der Waals surface area contributed by atoms with E-state index in [4.69, 9.17) is 6.42 Å². The van der Waals surface area contributed by atoms with E-state index in [1.807, 2.05) is 13.1 Å². The van der Waals surface area contributed by atoms with Gasteiger partial charge in [-0.1, -0.05) is 5.92 Å². The summed E-state index contributed by atoms with van der Waals surface area (Å²) in [7, 11) is 1.84. The minimum absolute atomic E-state index is 0.666. The monoisotopic (exact) mass is 132 g/mol. The Morgan fingerprint density at radius 3 is 2.80 bits per heavy atom. The molecule has 2 nitrogen and oxygen atoms in total. The van der Waals surface area contributed by atoms with Crippen molar-refractivity contribution in [1.82, 2.24) is 4.98 Å². The predicted octanol–water partition coefficient (Wildman–Crippen LogP) is 1.10. The molecular formula is C8H8N2. The van der Waals surface area contributed by atoms with Crippen molar-refractivity contribution in [2.45, 2.75) is 0 Å². The van der Waals surface area contributed by atoms with Crippen molar-refractivity contribution >= 4 is 5.69 Å². The Balaban J connectivity index is 2.93. The number of hydrogen-bond donors (Lipinski definition) is 1. The molecule has 1 aromatic heterocycles. The van der Waals surface area contributed by atoms with Crippen LogP contribution >= 0.6 is 0 Å². The summed E-state index contributed by atoms with van der Waals surface area (Å²) in [6, 6.07) is 3.69. The maximum Gasteiger partial charge on any atom is 0.113 e. The molecule has 50 valence electrons. The maximum atomic E-state index is 5.11. The second kappa shape index (κ2) is 2.88. The molecule has 0 saturated heterocycles. The van der Waals surface area contributed by atoms with E-state index in [1.54, 1.807) is 12.3 Å². The first-order valence-corrected chi connectivity index (χ1v) is 2.97. The van der Waals surface area contributed by atoms with Crippen molar-refractivity contribution in [2.24, 2.45) is 0 Å². The molecule has 0 aliphatic heterocycles. The fourth-order valence-corrected chi connectivity index (χ4v) is 0.627. The molecule has 0 spiro atoms. The van der Waals surface area contributed by atoms with Gasteiger partial charge in [-0.3, -0.25) is 0 Å². The normalized spacial score (nSPS) is 8.40. The number of pyridine rings is 1. The van der Waals surface area contributed by atoms with Gasteiger partial charge in [-0.05, 0) is 12.1 Å². The number of anilines is 1. The van der Waals surface area contributed by atoms with Gasteiger partial charge in [0.1, 0.15) is 5.69 Å². The Morgan fingerprint density at radius 1 is 1.60 bits per heavy atom. The van der Waals surface area contributed by atoms with Crippen LogP contribution in [0.4, 0.5) is 5.69 Å². The summed E-state index contributed by atoms with van der Waals surface area (Å²) < 4.78 is 0. The number of terminal acetylenes is 1. The molecule has 10 heavy (non-hydrogen) atoms. The molecule has 0 atom stereocenters. The molecule has 0 bridgehead atoms. The molecule has 0 unspecified atom stereocenters. The summed E-state index contributed by atoms with van der Waals surface area (Å²) in [6.45, 7) is 0. The van der Waals surface area contributed by atoms with Crippen molar-refractivity contribution < 1.29 is 0 Å². The SMILES string of the molecule is C#Cc1ccc(NC)cn1. The zero-order valence-corrected chi connectivity index (χ0v) is 5.76. The van der Waals surface area contributed by atoms with Gasteiger partial charge in [-0.15, -0.1) is 6.42 Å². The number of aromatic nitrogens is 1. The van der Waals surface area contributed by atoms with Crippen molar-refractivity contribution in [2.75, 3.05) is 12.4 Å². The molecule has 1 rings (SSSR count). The molecule has 0 radical (unpaired) electrons. The highest BCUT2D eigenvalue weighted by atomic mass is 14.8. The largest absolute Gasteiger partial charge is 0.387 e.